The summed E-state index contributed by atoms with van der Waals surface area (Å²) in [7, 11) is 0. The van der Waals surface area contributed by atoms with Gasteiger partial charge in [0.05, 0.1) is 0 Å². The predicted octanol–water partition coefficient (Wildman–Crippen LogP) is 2.90. The van der Waals surface area contributed by atoms with Gasteiger partial charge in [0.25, 0.3) is 5.91 Å². The van der Waals surface area contributed by atoms with Gasteiger partial charge < -0.3 is 15.4 Å². The van der Waals surface area contributed by atoms with Crippen LogP contribution in [0.3, 0.4) is 0 Å². The molecule has 0 aliphatic heterocycles. The van der Waals surface area contributed by atoms with Gasteiger partial charge in [0.2, 0.25) is 11.8 Å². The Kier molecular flexibility index (Phi) is 6.60. The van der Waals surface area contributed by atoms with Gasteiger partial charge in [-0.3, -0.25) is 9.59 Å². The maximum atomic E-state index is 12.0. The third-order valence-electron chi connectivity index (χ3n) is 4.33. The van der Waals surface area contributed by atoms with Crippen molar-refractivity contribution in [3.8, 4) is 5.88 Å². The van der Waals surface area contributed by atoms with Crippen LogP contribution in [0.1, 0.15) is 48.0 Å². The highest BCUT2D eigenvalue weighted by atomic mass is 32.1. The molecule has 0 unspecified atom stereocenters. The molecular weight excluding hydrogens is 350 g/mol. The summed E-state index contributed by atoms with van der Waals surface area (Å²) in [5, 5.41) is 9.24. The van der Waals surface area contributed by atoms with Crippen LogP contribution in [0.4, 0.5) is 0 Å². The number of aromatic nitrogens is 1. The average molecular weight is 373 g/mol. The molecule has 2 amide bonds. The van der Waals surface area contributed by atoms with E-state index in [1.54, 1.807) is 17.6 Å². The van der Waals surface area contributed by atoms with Crippen LogP contribution < -0.4 is 15.4 Å². The number of carbonyl (C=O) groups is 2. The second-order valence-corrected chi connectivity index (χ2v) is 7.07. The molecule has 1 aliphatic rings. The first-order valence-corrected chi connectivity index (χ1v) is 9.84. The molecule has 2 heterocycles. The minimum absolute atomic E-state index is 0.119. The smallest absolute Gasteiger partial charge is 0.252 e. The molecule has 0 saturated heterocycles. The maximum absolute atomic E-state index is 12.0. The van der Waals surface area contributed by atoms with Crippen LogP contribution in [0.2, 0.25) is 0 Å². The van der Waals surface area contributed by atoms with E-state index in [4.69, 9.17) is 4.74 Å². The average Bonchev–Trinajstić information content (AvgIpc) is 3.35. The Balaban J connectivity index is 1.42. The minimum Gasteiger partial charge on any atom is -0.474 e. The highest BCUT2D eigenvalue weighted by Crippen LogP contribution is 2.24. The maximum Gasteiger partial charge on any atom is 0.252 e. The summed E-state index contributed by atoms with van der Waals surface area (Å²) in [4.78, 5) is 28.1. The summed E-state index contributed by atoms with van der Waals surface area (Å²) in [5.74, 6) is 0.329. The van der Waals surface area contributed by atoms with Crippen molar-refractivity contribution >= 4 is 23.2 Å². The van der Waals surface area contributed by atoms with Crippen LogP contribution >= 0.6 is 11.3 Å². The number of ether oxygens (including phenoxy) is 1. The fraction of sp³-hybridized carbons (Fsp3) is 0.421. The van der Waals surface area contributed by atoms with Crippen molar-refractivity contribution in [3.05, 3.63) is 46.3 Å². The molecule has 1 saturated carbocycles. The van der Waals surface area contributed by atoms with Crippen molar-refractivity contribution < 1.29 is 14.3 Å². The molecule has 0 bridgehead atoms. The number of thiophene rings is 1. The van der Waals surface area contributed by atoms with Crippen molar-refractivity contribution in [2.24, 2.45) is 0 Å². The molecule has 26 heavy (non-hydrogen) atoms. The molecule has 0 radical (unpaired) electrons. The molecule has 1 fully saturated rings. The zero-order valence-electron chi connectivity index (χ0n) is 14.6. The molecule has 2 aromatic heterocycles. The van der Waals surface area contributed by atoms with Crippen LogP contribution in [0.5, 0.6) is 5.88 Å². The van der Waals surface area contributed by atoms with Gasteiger partial charge in [0, 0.05) is 42.2 Å². The minimum atomic E-state index is -0.154. The number of rotatable bonds is 8. The van der Waals surface area contributed by atoms with Gasteiger partial charge in [-0.05, 0) is 43.2 Å². The van der Waals surface area contributed by atoms with E-state index in [1.165, 1.54) is 24.2 Å². The lowest BCUT2D eigenvalue weighted by molar-refractivity contribution is -0.121. The van der Waals surface area contributed by atoms with E-state index in [-0.39, 0.29) is 24.3 Å². The molecule has 6 nitrogen and oxygen atoms in total. The molecule has 0 atom stereocenters. The summed E-state index contributed by atoms with van der Waals surface area (Å²) in [5.41, 5.74) is 1.49. The van der Waals surface area contributed by atoms with Crippen molar-refractivity contribution in [1.29, 1.82) is 0 Å². The predicted molar refractivity (Wildman–Crippen MR) is 100 cm³/mol. The second-order valence-electron chi connectivity index (χ2n) is 6.29. The van der Waals surface area contributed by atoms with E-state index in [0.717, 1.165) is 18.4 Å². The molecule has 3 rings (SSSR count). The molecule has 1 aliphatic carbocycles. The summed E-state index contributed by atoms with van der Waals surface area (Å²) in [6.07, 6.45) is 6.68. The van der Waals surface area contributed by atoms with Crippen molar-refractivity contribution in [1.82, 2.24) is 15.6 Å². The third kappa shape index (κ3) is 5.29. The van der Waals surface area contributed by atoms with Gasteiger partial charge in [-0.15, -0.1) is 0 Å². The van der Waals surface area contributed by atoms with Gasteiger partial charge in [0.1, 0.15) is 6.10 Å². The molecule has 138 valence electrons. The van der Waals surface area contributed by atoms with Crippen LogP contribution in [0, 0.1) is 0 Å². The number of pyridine rings is 1. The highest BCUT2D eigenvalue weighted by Gasteiger charge is 2.18. The van der Waals surface area contributed by atoms with Crippen LogP contribution in [0.25, 0.3) is 0 Å². The van der Waals surface area contributed by atoms with Gasteiger partial charge in [-0.2, -0.15) is 11.3 Å². The Morgan fingerprint density at radius 2 is 2.08 bits per heavy atom. The van der Waals surface area contributed by atoms with Crippen LogP contribution in [-0.4, -0.2) is 29.4 Å². The summed E-state index contributed by atoms with van der Waals surface area (Å²) in [6.45, 7) is 0.673. The fourth-order valence-corrected chi connectivity index (χ4v) is 3.53. The quantitative estimate of drug-likeness (QED) is 0.746. The monoisotopic (exact) mass is 373 g/mol. The van der Waals surface area contributed by atoms with Gasteiger partial charge >= 0.3 is 0 Å². The summed E-state index contributed by atoms with van der Waals surface area (Å²) < 4.78 is 5.97. The number of hydrogen-bond donors (Lipinski definition) is 2. The van der Waals surface area contributed by atoms with Gasteiger partial charge in [-0.1, -0.05) is 6.07 Å². The lowest BCUT2D eigenvalue weighted by Crippen LogP contribution is -2.30. The van der Waals surface area contributed by atoms with E-state index >= 15 is 0 Å². The third-order valence-corrected chi connectivity index (χ3v) is 5.01. The molecule has 0 aromatic carbocycles. The number of hydrogen-bond acceptors (Lipinski definition) is 5. The summed E-state index contributed by atoms with van der Waals surface area (Å²) >= 11 is 1.47. The molecule has 2 N–H and O–H groups in total. The normalized spacial score (nSPS) is 14.2. The van der Waals surface area contributed by atoms with E-state index in [9.17, 15) is 9.59 Å². The van der Waals surface area contributed by atoms with E-state index in [0.29, 0.717) is 24.5 Å². The van der Waals surface area contributed by atoms with Crippen LogP contribution in [0.15, 0.2) is 35.2 Å². The van der Waals surface area contributed by atoms with Gasteiger partial charge in [-0.25, -0.2) is 4.98 Å². The fourth-order valence-electron chi connectivity index (χ4n) is 2.90. The van der Waals surface area contributed by atoms with Crippen molar-refractivity contribution in [3.63, 3.8) is 0 Å². The zero-order valence-corrected chi connectivity index (χ0v) is 15.4. The number of nitrogens with one attached hydrogen (secondary N) is 2. The Labute approximate surface area is 157 Å². The Bertz CT molecular complexity index is 727. The number of carbonyl (C=O) groups excluding carboxylic acids is 2. The Morgan fingerprint density at radius 1 is 1.23 bits per heavy atom. The summed E-state index contributed by atoms with van der Waals surface area (Å²) in [6, 6.07) is 5.51. The van der Waals surface area contributed by atoms with E-state index < -0.39 is 0 Å². The Morgan fingerprint density at radius 3 is 2.85 bits per heavy atom. The standard InChI is InChI=1S/C19H23N3O3S/c23-17(7-10-20-18(24)15-8-11-26-13-15)22-12-14-4-3-9-21-19(14)25-16-5-1-2-6-16/h3-4,8-9,11,13,16H,1-2,5-7,10,12H2,(H,20,24)(H,22,23). The van der Waals surface area contributed by atoms with E-state index in [1.807, 2.05) is 17.5 Å². The van der Waals surface area contributed by atoms with Gasteiger partial charge in [0.15, 0.2) is 0 Å². The first kappa shape index (κ1) is 18.4. The van der Waals surface area contributed by atoms with Crippen molar-refractivity contribution in [2.45, 2.75) is 44.8 Å². The SMILES string of the molecule is O=C(CCNC(=O)c1ccsc1)NCc1cccnc1OC1CCCC1. The first-order chi connectivity index (χ1) is 12.7. The number of amides is 2. The molecule has 7 heteroatoms. The second kappa shape index (κ2) is 9.33. The largest absolute Gasteiger partial charge is 0.474 e. The highest BCUT2D eigenvalue weighted by molar-refractivity contribution is 7.08. The van der Waals surface area contributed by atoms with Crippen molar-refractivity contribution in [2.75, 3.05) is 6.54 Å². The first-order valence-electron chi connectivity index (χ1n) is 8.90. The Hall–Kier alpha value is -2.41. The number of nitrogens with zero attached hydrogens (tertiary/aromatic N) is 1. The zero-order chi connectivity index (χ0) is 18.2. The van der Waals surface area contributed by atoms with E-state index in [2.05, 4.69) is 15.6 Å². The molecule has 0 spiro atoms. The molecular formula is C19H23N3O3S. The lowest BCUT2D eigenvalue weighted by Gasteiger charge is -2.15. The molecule has 2 aromatic rings. The lowest BCUT2D eigenvalue weighted by atomic mass is 10.2. The topological polar surface area (TPSA) is 80.3 Å². The van der Waals surface area contributed by atoms with Crippen LogP contribution in [-0.2, 0) is 11.3 Å².